The van der Waals surface area contributed by atoms with Crippen LogP contribution in [0.3, 0.4) is 0 Å². The van der Waals surface area contributed by atoms with Gasteiger partial charge in [-0.25, -0.2) is 4.98 Å². The van der Waals surface area contributed by atoms with Gasteiger partial charge in [-0.15, -0.1) is 0 Å². The summed E-state index contributed by atoms with van der Waals surface area (Å²) in [4.78, 5) is 18.0. The molecule has 0 radical (unpaired) electrons. The molecule has 1 amide bonds. The maximum atomic E-state index is 12.5. The van der Waals surface area contributed by atoms with Gasteiger partial charge in [-0.3, -0.25) is 9.69 Å². The molecule has 3 rings (SSSR count). The predicted octanol–water partition coefficient (Wildman–Crippen LogP) is 2.34. The van der Waals surface area contributed by atoms with Crippen molar-refractivity contribution in [3.8, 4) is 0 Å². The number of anilines is 1. The normalized spacial score (nSPS) is 14.1. The summed E-state index contributed by atoms with van der Waals surface area (Å²) < 4.78 is 0. The highest BCUT2D eigenvalue weighted by molar-refractivity contribution is 5.98. The zero-order valence-electron chi connectivity index (χ0n) is 12.9. The standard InChI is InChI=1S/C18H21N3O/c1-14-6-8-15(9-7-14)13-20-18(22)16-5-4-10-19-17(16)21-11-2-3-12-21/h4-10H,2-3,11-13H2,1H3,(H,20,22)/p+1. The zero-order chi connectivity index (χ0) is 15.4. The first kappa shape index (κ1) is 14.6. The minimum absolute atomic E-state index is 0.0284. The average molecular weight is 296 g/mol. The predicted molar refractivity (Wildman–Crippen MR) is 86.8 cm³/mol. The van der Waals surface area contributed by atoms with Crippen LogP contribution in [0, 0.1) is 6.92 Å². The number of H-pyrrole nitrogens is 1. The van der Waals surface area contributed by atoms with Crippen molar-refractivity contribution in [1.29, 1.82) is 0 Å². The number of hydrogen-bond acceptors (Lipinski definition) is 2. The van der Waals surface area contributed by atoms with Crippen LogP contribution < -0.4 is 15.2 Å². The van der Waals surface area contributed by atoms with Crippen molar-refractivity contribution in [3.05, 3.63) is 59.3 Å². The van der Waals surface area contributed by atoms with E-state index in [1.165, 1.54) is 18.4 Å². The molecule has 1 saturated heterocycles. The summed E-state index contributed by atoms with van der Waals surface area (Å²) in [5.74, 6) is 0.903. The molecule has 1 aliphatic heterocycles. The highest BCUT2D eigenvalue weighted by Gasteiger charge is 2.26. The first-order chi connectivity index (χ1) is 10.7. The van der Waals surface area contributed by atoms with Crippen molar-refractivity contribution in [2.45, 2.75) is 26.3 Å². The number of nitrogens with zero attached hydrogens (tertiary/aromatic N) is 1. The highest BCUT2D eigenvalue weighted by Crippen LogP contribution is 2.19. The summed E-state index contributed by atoms with van der Waals surface area (Å²) in [6.45, 7) is 4.63. The summed E-state index contributed by atoms with van der Waals surface area (Å²) in [6.07, 6.45) is 4.25. The molecular formula is C18H22N3O+. The number of pyridine rings is 1. The van der Waals surface area contributed by atoms with Crippen LogP contribution in [0.5, 0.6) is 0 Å². The van der Waals surface area contributed by atoms with E-state index in [0.29, 0.717) is 6.54 Å². The molecule has 0 spiro atoms. The quantitative estimate of drug-likeness (QED) is 0.941. The summed E-state index contributed by atoms with van der Waals surface area (Å²) in [6, 6.07) is 12.0. The van der Waals surface area contributed by atoms with E-state index < -0.39 is 0 Å². The van der Waals surface area contributed by atoms with Gasteiger partial charge in [-0.2, -0.15) is 0 Å². The van der Waals surface area contributed by atoms with Gasteiger partial charge in [0.1, 0.15) is 5.56 Å². The van der Waals surface area contributed by atoms with Crippen molar-refractivity contribution in [3.63, 3.8) is 0 Å². The third-order valence-electron chi connectivity index (χ3n) is 4.07. The minimum Gasteiger partial charge on any atom is -0.348 e. The maximum absolute atomic E-state index is 12.5. The van der Waals surface area contributed by atoms with Crippen LogP contribution >= 0.6 is 0 Å². The van der Waals surface area contributed by atoms with Crippen LogP contribution in [0.15, 0.2) is 42.6 Å². The molecule has 4 heteroatoms. The molecule has 0 saturated carbocycles. The van der Waals surface area contributed by atoms with Crippen LogP contribution in [0.4, 0.5) is 5.82 Å². The Labute approximate surface area is 131 Å². The van der Waals surface area contributed by atoms with E-state index in [-0.39, 0.29) is 5.91 Å². The van der Waals surface area contributed by atoms with Gasteiger partial charge in [0.2, 0.25) is 0 Å². The Morgan fingerprint density at radius 3 is 2.64 bits per heavy atom. The first-order valence-corrected chi connectivity index (χ1v) is 7.83. The van der Waals surface area contributed by atoms with E-state index in [2.05, 4.69) is 34.3 Å². The first-order valence-electron chi connectivity index (χ1n) is 7.83. The average Bonchev–Trinajstić information content (AvgIpc) is 3.08. The van der Waals surface area contributed by atoms with Gasteiger partial charge < -0.3 is 5.32 Å². The van der Waals surface area contributed by atoms with E-state index >= 15 is 0 Å². The number of rotatable bonds is 4. The lowest BCUT2D eigenvalue weighted by molar-refractivity contribution is -0.364. The fourth-order valence-electron chi connectivity index (χ4n) is 2.80. The Morgan fingerprint density at radius 1 is 1.18 bits per heavy atom. The van der Waals surface area contributed by atoms with Crippen molar-refractivity contribution >= 4 is 11.7 Å². The summed E-state index contributed by atoms with van der Waals surface area (Å²) in [5, 5.41) is 3.01. The number of carbonyl (C=O) groups excluding carboxylic acids is 1. The van der Waals surface area contributed by atoms with Gasteiger partial charge in [0.05, 0.1) is 19.3 Å². The molecule has 0 aliphatic carbocycles. The third-order valence-corrected chi connectivity index (χ3v) is 4.07. The SMILES string of the molecule is Cc1ccc(CNC(=O)c2ccc[nH+]c2N2CCCC2)cc1. The molecule has 4 nitrogen and oxygen atoms in total. The molecule has 0 unspecified atom stereocenters. The van der Waals surface area contributed by atoms with Gasteiger partial charge in [0, 0.05) is 6.54 Å². The molecule has 1 fully saturated rings. The van der Waals surface area contributed by atoms with E-state index in [1.807, 2.05) is 30.5 Å². The maximum Gasteiger partial charge on any atom is 0.287 e. The minimum atomic E-state index is -0.0284. The Bertz CT molecular complexity index is 646. The second kappa shape index (κ2) is 6.60. The van der Waals surface area contributed by atoms with E-state index in [0.717, 1.165) is 30.0 Å². The van der Waals surface area contributed by atoms with Crippen molar-refractivity contribution in [2.75, 3.05) is 18.0 Å². The fourth-order valence-corrected chi connectivity index (χ4v) is 2.80. The molecule has 2 heterocycles. The summed E-state index contributed by atoms with van der Waals surface area (Å²) in [7, 11) is 0. The van der Waals surface area contributed by atoms with E-state index in [4.69, 9.17) is 0 Å². The largest absolute Gasteiger partial charge is 0.348 e. The number of benzene rings is 1. The van der Waals surface area contributed by atoms with Crippen LogP contribution in [-0.4, -0.2) is 19.0 Å². The lowest BCUT2D eigenvalue weighted by Crippen LogP contribution is -2.32. The Morgan fingerprint density at radius 2 is 1.91 bits per heavy atom. The Balaban J connectivity index is 1.70. The number of amides is 1. The van der Waals surface area contributed by atoms with Gasteiger partial charge in [-0.05, 0) is 37.5 Å². The molecule has 1 aromatic heterocycles. The number of carbonyl (C=O) groups is 1. The van der Waals surface area contributed by atoms with Crippen LogP contribution in [0.25, 0.3) is 0 Å². The molecule has 0 bridgehead atoms. The molecule has 2 aromatic rings. The lowest BCUT2D eigenvalue weighted by Gasteiger charge is -2.12. The molecule has 2 N–H and O–H groups in total. The molecule has 0 atom stereocenters. The fraction of sp³-hybridized carbons (Fsp3) is 0.333. The summed E-state index contributed by atoms with van der Waals surface area (Å²) in [5.41, 5.74) is 3.06. The Hall–Kier alpha value is -2.36. The smallest absolute Gasteiger partial charge is 0.287 e. The van der Waals surface area contributed by atoms with Gasteiger partial charge in [-0.1, -0.05) is 29.8 Å². The molecule has 1 aromatic carbocycles. The van der Waals surface area contributed by atoms with E-state index in [9.17, 15) is 4.79 Å². The van der Waals surface area contributed by atoms with Gasteiger partial charge in [0.25, 0.3) is 11.7 Å². The van der Waals surface area contributed by atoms with Crippen LogP contribution in [0.2, 0.25) is 0 Å². The number of aryl methyl sites for hydroxylation is 1. The number of nitrogens with one attached hydrogen (secondary N) is 2. The second-order valence-electron chi connectivity index (χ2n) is 5.79. The monoisotopic (exact) mass is 296 g/mol. The van der Waals surface area contributed by atoms with Crippen molar-refractivity contribution < 1.29 is 9.78 Å². The van der Waals surface area contributed by atoms with E-state index in [1.54, 1.807) is 0 Å². The number of aromatic amines is 1. The van der Waals surface area contributed by atoms with Crippen LogP contribution in [0.1, 0.15) is 34.3 Å². The van der Waals surface area contributed by atoms with Crippen molar-refractivity contribution in [2.24, 2.45) is 0 Å². The third kappa shape index (κ3) is 3.27. The lowest BCUT2D eigenvalue weighted by atomic mass is 10.1. The number of aromatic nitrogens is 1. The molecule has 1 aliphatic rings. The molecule has 22 heavy (non-hydrogen) atoms. The highest BCUT2D eigenvalue weighted by atomic mass is 16.1. The molecular weight excluding hydrogens is 274 g/mol. The second-order valence-corrected chi connectivity index (χ2v) is 5.79. The van der Waals surface area contributed by atoms with Crippen molar-refractivity contribution in [1.82, 2.24) is 5.32 Å². The van der Waals surface area contributed by atoms with Gasteiger partial charge in [0.15, 0.2) is 0 Å². The van der Waals surface area contributed by atoms with Crippen LogP contribution in [-0.2, 0) is 6.54 Å². The number of hydrogen-bond donors (Lipinski definition) is 1. The Kier molecular flexibility index (Phi) is 4.37. The molecule has 114 valence electrons. The van der Waals surface area contributed by atoms with Gasteiger partial charge >= 0.3 is 0 Å². The summed E-state index contributed by atoms with van der Waals surface area (Å²) >= 11 is 0. The topological polar surface area (TPSA) is 46.5 Å². The zero-order valence-corrected chi connectivity index (χ0v) is 12.9.